The van der Waals surface area contributed by atoms with Crippen LogP contribution < -0.4 is 9.80 Å². The maximum atomic E-state index is 12.6. The molecule has 2 aliphatic rings. The van der Waals surface area contributed by atoms with Gasteiger partial charge in [0.2, 0.25) is 0 Å². The van der Waals surface area contributed by atoms with Gasteiger partial charge in [0.15, 0.2) is 0 Å². The minimum Gasteiger partial charge on any atom is -0.465 e. The normalized spacial score (nSPS) is 15.1. The van der Waals surface area contributed by atoms with Gasteiger partial charge in [0.1, 0.15) is 5.70 Å². The van der Waals surface area contributed by atoms with Crippen molar-refractivity contribution < 1.29 is 19.1 Å². The van der Waals surface area contributed by atoms with E-state index in [-0.39, 0.29) is 11.3 Å². The molecule has 6 nitrogen and oxygen atoms in total. The monoisotopic (exact) mass is 402 g/mol. The van der Waals surface area contributed by atoms with E-state index in [2.05, 4.69) is 29.2 Å². The van der Waals surface area contributed by atoms with Crippen LogP contribution in [-0.4, -0.2) is 26.2 Å². The van der Waals surface area contributed by atoms with Crippen LogP contribution in [0.3, 0.4) is 0 Å². The highest BCUT2D eigenvalue weighted by Gasteiger charge is 2.28. The van der Waals surface area contributed by atoms with E-state index in [0.29, 0.717) is 0 Å². The lowest BCUT2D eigenvalue weighted by Gasteiger charge is -2.25. The summed E-state index contributed by atoms with van der Waals surface area (Å²) in [5.74, 6) is -1.22. The first kappa shape index (κ1) is 19.5. The molecule has 0 radical (unpaired) electrons. The van der Waals surface area contributed by atoms with Gasteiger partial charge in [-0.1, -0.05) is 36.4 Å². The van der Waals surface area contributed by atoms with Gasteiger partial charge in [-0.3, -0.25) is 0 Å². The van der Waals surface area contributed by atoms with Crippen molar-refractivity contribution in [1.82, 2.24) is 0 Å². The van der Waals surface area contributed by atoms with Gasteiger partial charge in [0, 0.05) is 30.7 Å². The third-order valence-corrected chi connectivity index (χ3v) is 5.20. The number of nitrogens with zero attached hydrogens (tertiary/aromatic N) is 2. The molecular weight excluding hydrogens is 380 g/mol. The Kier molecular flexibility index (Phi) is 5.39. The molecule has 0 fully saturated rings. The minimum atomic E-state index is -0.620. The molecule has 0 unspecified atom stereocenters. The molecule has 0 N–H and O–H groups in total. The van der Waals surface area contributed by atoms with Gasteiger partial charge in [0.05, 0.1) is 19.8 Å². The van der Waals surface area contributed by atoms with E-state index in [1.165, 1.54) is 25.3 Å². The number of rotatable bonds is 4. The number of carbonyl (C=O) groups is 2. The number of anilines is 2. The Labute approximate surface area is 175 Å². The van der Waals surface area contributed by atoms with E-state index in [1.807, 2.05) is 24.3 Å². The van der Waals surface area contributed by atoms with Crippen molar-refractivity contribution in [2.24, 2.45) is 0 Å². The second kappa shape index (κ2) is 8.29. The molecule has 152 valence electrons. The Bertz CT molecular complexity index is 1060. The van der Waals surface area contributed by atoms with E-state index in [0.717, 1.165) is 24.5 Å². The number of methoxy groups -OCH3 is 2. The number of allylic oxidation sites excluding steroid dienone is 2. The summed E-state index contributed by atoms with van der Waals surface area (Å²) in [5, 5.41) is 0. The quantitative estimate of drug-likeness (QED) is 0.727. The van der Waals surface area contributed by atoms with Gasteiger partial charge in [-0.2, -0.15) is 0 Å². The molecule has 2 aliphatic heterocycles. The Morgan fingerprint density at radius 3 is 2.17 bits per heavy atom. The summed E-state index contributed by atoms with van der Waals surface area (Å²) in [5.41, 5.74) is 4.63. The molecule has 0 spiro atoms. The van der Waals surface area contributed by atoms with Gasteiger partial charge in [-0.15, -0.1) is 0 Å². The van der Waals surface area contributed by atoms with Gasteiger partial charge in [0.25, 0.3) is 0 Å². The van der Waals surface area contributed by atoms with E-state index in [1.54, 1.807) is 29.3 Å². The molecule has 2 aromatic carbocycles. The molecule has 2 heterocycles. The lowest BCUT2D eigenvalue weighted by molar-refractivity contribution is -0.139. The lowest BCUT2D eigenvalue weighted by atomic mass is 10.1. The standard InChI is InChI=1S/C24H22N2O4/c1-29-23(27)21-12-5-6-13-26(22(21)24(28)30-2)20-11-7-10-19(14-20)25-15-17-8-3-4-9-18(17)16-25/h3-14H,15-16H2,1-2H3. The number of fused-ring (bicyclic) bond motifs is 1. The predicted molar refractivity (Wildman–Crippen MR) is 115 cm³/mol. The molecule has 0 bridgehead atoms. The third kappa shape index (κ3) is 3.59. The van der Waals surface area contributed by atoms with Crippen molar-refractivity contribution in [3.8, 4) is 0 Å². The summed E-state index contributed by atoms with van der Waals surface area (Å²) in [6.45, 7) is 1.65. The zero-order chi connectivity index (χ0) is 21.1. The molecule has 4 rings (SSSR count). The predicted octanol–water partition coefficient (Wildman–Crippen LogP) is 3.70. The second-order valence-corrected chi connectivity index (χ2v) is 6.96. The first-order valence-corrected chi connectivity index (χ1v) is 9.59. The molecule has 30 heavy (non-hydrogen) atoms. The average molecular weight is 402 g/mol. The smallest absolute Gasteiger partial charge is 0.355 e. The van der Waals surface area contributed by atoms with Gasteiger partial charge >= 0.3 is 11.9 Å². The lowest BCUT2D eigenvalue weighted by Crippen LogP contribution is -2.27. The molecule has 2 aromatic rings. The number of hydrogen-bond donors (Lipinski definition) is 0. The Balaban J connectivity index is 1.73. The molecule has 0 aromatic heterocycles. The molecule has 6 heteroatoms. The highest BCUT2D eigenvalue weighted by atomic mass is 16.5. The fourth-order valence-corrected chi connectivity index (χ4v) is 3.72. The summed E-state index contributed by atoms with van der Waals surface area (Å²) < 4.78 is 9.85. The first-order valence-electron chi connectivity index (χ1n) is 9.59. The molecule has 0 saturated carbocycles. The van der Waals surface area contributed by atoms with Crippen LogP contribution in [0.15, 0.2) is 84.2 Å². The fraction of sp³-hybridized carbons (Fsp3) is 0.167. The van der Waals surface area contributed by atoms with Crippen LogP contribution in [0.1, 0.15) is 11.1 Å². The Morgan fingerprint density at radius 1 is 0.833 bits per heavy atom. The zero-order valence-corrected chi connectivity index (χ0v) is 16.9. The molecule has 0 atom stereocenters. The number of benzene rings is 2. The summed E-state index contributed by atoms with van der Waals surface area (Å²) in [6.07, 6.45) is 6.74. The highest BCUT2D eigenvalue weighted by Crippen LogP contribution is 2.33. The highest BCUT2D eigenvalue weighted by molar-refractivity contribution is 6.05. The van der Waals surface area contributed by atoms with Crippen molar-refractivity contribution in [3.05, 3.63) is 95.4 Å². The van der Waals surface area contributed by atoms with Crippen LogP contribution in [0.25, 0.3) is 0 Å². The number of hydrogen-bond acceptors (Lipinski definition) is 6. The van der Waals surface area contributed by atoms with Crippen LogP contribution in [-0.2, 0) is 32.2 Å². The van der Waals surface area contributed by atoms with Crippen molar-refractivity contribution in [1.29, 1.82) is 0 Å². The maximum absolute atomic E-state index is 12.6. The maximum Gasteiger partial charge on any atom is 0.355 e. The van der Waals surface area contributed by atoms with E-state index >= 15 is 0 Å². The topological polar surface area (TPSA) is 59.1 Å². The number of carbonyl (C=O) groups excluding carboxylic acids is 2. The zero-order valence-electron chi connectivity index (χ0n) is 16.9. The van der Waals surface area contributed by atoms with Gasteiger partial charge < -0.3 is 19.3 Å². The summed E-state index contributed by atoms with van der Waals surface area (Å²) >= 11 is 0. The van der Waals surface area contributed by atoms with Gasteiger partial charge in [-0.05, 0) is 41.5 Å². The fourth-order valence-electron chi connectivity index (χ4n) is 3.72. The van der Waals surface area contributed by atoms with E-state index in [4.69, 9.17) is 9.47 Å². The minimum absolute atomic E-state index is 0.108. The van der Waals surface area contributed by atoms with E-state index < -0.39 is 11.9 Å². The third-order valence-electron chi connectivity index (χ3n) is 5.20. The molecule has 0 saturated heterocycles. The van der Waals surface area contributed by atoms with Crippen LogP contribution in [0.4, 0.5) is 11.4 Å². The van der Waals surface area contributed by atoms with Crippen LogP contribution in [0, 0.1) is 0 Å². The second-order valence-electron chi connectivity index (χ2n) is 6.96. The Hall–Kier alpha value is -3.80. The molecular formula is C24H22N2O4. The summed E-state index contributed by atoms with van der Waals surface area (Å²) in [6, 6.07) is 16.3. The molecule has 0 aliphatic carbocycles. The van der Waals surface area contributed by atoms with Crippen molar-refractivity contribution >= 4 is 23.3 Å². The van der Waals surface area contributed by atoms with E-state index in [9.17, 15) is 9.59 Å². The van der Waals surface area contributed by atoms with Gasteiger partial charge in [-0.25, -0.2) is 9.59 Å². The van der Waals surface area contributed by atoms with Crippen molar-refractivity contribution in [2.75, 3.05) is 24.0 Å². The van der Waals surface area contributed by atoms with Crippen LogP contribution >= 0.6 is 0 Å². The largest absolute Gasteiger partial charge is 0.465 e. The van der Waals surface area contributed by atoms with Crippen LogP contribution in [0.2, 0.25) is 0 Å². The van der Waals surface area contributed by atoms with Crippen molar-refractivity contribution in [3.63, 3.8) is 0 Å². The average Bonchev–Trinajstić information content (AvgIpc) is 3.10. The summed E-state index contributed by atoms with van der Waals surface area (Å²) in [4.78, 5) is 28.9. The Morgan fingerprint density at radius 2 is 1.50 bits per heavy atom. The van der Waals surface area contributed by atoms with Crippen LogP contribution in [0.5, 0.6) is 0 Å². The SMILES string of the molecule is COC(=O)C1=C(C(=O)OC)N(c2cccc(N3Cc4ccccc4C3)c2)C=CC=C1. The van der Waals surface area contributed by atoms with Crippen molar-refractivity contribution in [2.45, 2.75) is 13.1 Å². The number of esters is 2. The number of ether oxygens (including phenoxy) is 2. The summed E-state index contributed by atoms with van der Waals surface area (Å²) in [7, 11) is 2.57. The molecule has 0 amide bonds. The first-order chi connectivity index (χ1) is 14.6.